The molecule has 0 spiro atoms. The number of aliphatic hydroxyl groups excluding tert-OH is 1. The van der Waals surface area contributed by atoms with Crippen molar-refractivity contribution in [2.75, 3.05) is 13.1 Å². The Morgan fingerprint density at radius 2 is 1.87 bits per heavy atom. The number of nitrogens with one attached hydrogen (secondary N) is 2. The van der Waals surface area contributed by atoms with E-state index in [1.54, 1.807) is 24.3 Å². The fraction of sp³-hybridized carbons (Fsp3) is 0.556. The fourth-order valence-corrected chi connectivity index (χ4v) is 3.68. The van der Waals surface area contributed by atoms with E-state index in [-0.39, 0.29) is 18.1 Å². The molecule has 0 radical (unpaired) electrons. The van der Waals surface area contributed by atoms with Crippen LogP contribution in [-0.4, -0.2) is 36.2 Å². The number of hydrogen-bond acceptors (Lipinski definition) is 4. The quantitative estimate of drug-likeness (QED) is 0.785. The van der Waals surface area contributed by atoms with E-state index in [0.29, 0.717) is 23.0 Å². The number of aliphatic hydroxyl groups is 1. The normalized spacial score (nSPS) is 25.9. The summed E-state index contributed by atoms with van der Waals surface area (Å²) in [5, 5.41) is 25.0. The van der Waals surface area contributed by atoms with Crippen molar-refractivity contribution in [1.82, 2.24) is 10.6 Å². The molecule has 1 aromatic carbocycles. The van der Waals surface area contributed by atoms with Crippen LogP contribution < -0.4 is 10.6 Å². The number of benzene rings is 1. The van der Waals surface area contributed by atoms with Gasteiger partial charge in [0.1, 0.15) is 0 Å². The van der Waals surface area contributed by atoms with Gasteiger partial charge in [-0.2, -0.15) is 5.26 Å². The third-order valence-corrected chi connectivity index (χ3v) is 5.12. The van der Waals surface area contributed by atoms with E-state index in [4.69, 9.17) is 5.26 Å². The van der Waals surface area contributed by atoms with Crippen molar-refractivity contribution in [3.63, 3.8) is 0 Å². The van der Waals surface area contributed by atoms with Crippen LogP contribution >= 0.6 is 0 Å². The monoisotopic (exact) mass is 313 g/mol. The van der Waals surface area contributed by atoms with Crippen LogP contribution in [0.2, 0.25) is 0 Å². The van der Waals surface area contributed by atoms with Gasteiger partial charge >= 0.3 is 0 Å². The molecule has 1 saturated heterocycles. The lowest BCUT2D eigenvalue weighted by Gasteiger charge is -2.43. The number of hydrogen-bond donors (Lipinski definition) is 3. The molecule has 2 aliphatic rings. The van der Waals surface area contributed by atoms with Gasteiger partial charge in [0, 0.05) is 11.6 Å². The van der Waals surface area contributed by atoms with Crippen molar-refractivity contribution >= 4 is 5.91 Å². The van der Waals surface area contributed by atoms with Crippen molar-refractivity contribution < 1.29 is 9.90 Å². The fourth-order valence-electron chi connectivity index (χ4n) is 3.68. The second-order valence-electron chi connectivity index (χ2n) is 6.66. The van der Waals surface area contributed by atoms with Crippen molar-refractivity contribution in [3.8, 4) is 6.07 Å². The van der Waals surface area contributed by atoms with Gasteiger partial charge in [0.15, 0.2) is 0 Å². The number of rotatable bonds is 4. The zero-order valence-electron chi connectivity index (χ0n) is 13.2. The molecule has 3 N–H and O–H groups in total. The Labute approximate surface area is 136 Å². The van der Waals surface area contributed by atoms with Gasteiger partial charge in [-0.25, -0.2) is 0 Å². The van der Waals surface area contributed by atoms with Gasteiger partial charge in [0.05, 0.1) is 17.7 Å². The molecule has 0 aromatic heterocycles. The topological polar surface area (TPSA) is 85.2 Å². The molecule has 1 atom stereocenters. The number of piperidine rings is 1. The van der Waals surface area contributed by atoms with Crippen LogP contribution in [0, 0.1) is 23.2 Å². The number of carbonyl (C=O) groups excluding carboxylic acids is 1. The highest BCUT2D eigenvalue weighted by Gasteiger charge is 2.39. The van der Waals surface area contributed by atoms with Crippen molar-refractivity contribution in [1.29, 1.82) is 5.26 Å². The number of nitrogens with zero attached hydrogens (tertiary/aromatic N) is 1. The predicted molar refractivity (Wildman–Crippen MR) is 86.7 cm³/mol. The van der Waals surface area contributed by atoms with E-state index in [1.807, 2.05) is 0 Å². The average Bonchev–Trinajstić information content (AvgIpc) is 2.58. The summed E-state index contributed by atoms with van der Waals surface area (Å²) >= 11 is 0. The minimum absolute atomic E-state index is 0.0839. The van der Waals surface area contributed by atoms with E-state index >= 15 is 0 Å². The number of carbonyl (C=O) groups is 1. The molecule has 1 amide bonds. The predicted octanol–water partition coefficient (Wildman–Crippen LogP) is 1.43. The van der Waals surface area contributed by atoms with E-state index in [1.165, 1.54) is 0 Å². The molecule has 5 nitrogen and oxygen atoms in total. The Morgan fingerprint density at radius 3 is 2.43 bits per heavy atom. The van der Waals surface area contributed by atoms with Crippen LogP contribution in [0.3, 0.4) is 0 Å². The molecule has 0 bridgehead atoms. The van der Waals surface area contributed by atoms with E-state index < -0.39 is 0 Å². The van der Waals surface area contributed by atoms with Crippen molar-refractivity contribution in [3.05, 3.63) is 35.4 Å². The Hall–Kier alpha value is -1.90. The van der Waals surface area contributed by atoms with E-state index in [2.05, 4.69) is 16.7 Å². The molecule has 1 aliphatic carbocycles. The van der Waals surface area contributed by atoms with Gasteiger partial charge in [-0.1, -0.05) is 0 Å². The molecule has 5 heteroatoms. The first-order chi connectivity index (χ1) is 11.2. The van der Waals surface area contributed by atoms with Gasteiger partial charge in [-0.3, -0.25) is 4.79 Å². The number of amides is 1. The van der Waals surface area contributed by atoms with Crippen LogP contribution in [0.4, 0.5) is 0 Å². The second kappa shape index (κ2) is 7.12. The Morgan fingerprint density at radius 1 is 1.22 bits per heavy atom. The van der Waals surface area contributed by atoms with E-state index in [0.717, 1.165) is 38.8 Å². The lowest BCUT2D eigenvalue weighted by molar-refractivity contribution is 0.00919. The minimum atomic E-state index is -0.212. The van der Waals surface area contributed by atoms with Crippen LogP contribution in [-0.2, 0) is 0 Å². The molecule has 122 valence electrons. The molecule has 0 unspecified atom stereocenters. The van der Waals surface area contributed by atoms with Crippen LogP contribution in [0.1, 0.15) is 41.6 Å². The summed E-state index contributed by atoms with van der Waals surface area (Å²) in [4.78, 5) is 12.6. The molecular weight excluding hydrogens is 290 g/mol. The van der Waals surface area contributed by atoms with Gasteiger partial charge in [0.25, 0.3) is 5.91 Å². The summed E-state index contributed by atoms with van der Waals surface area (Å²) in [6, 6.07) is 8.92. The molecule has 2 fully saturated rings. The first-order valence-corrected chi connectivity index (χ1v) is 8.37. The summed E-state index contributed by atoms with van der Waals surface area (Å²) in [5.74, 6) is 0.755. The Balaban J connectivity index is 1.69. The highest BCUT2D eigenvalue weighted by Crippen LogP contribution is 2.35. The SMILES string of the molecule is N#Cc1ccc(C(=O)N[C@@H](C2CCNCC2)C2CC(O)C2)cc1. The maximum atomic E-state index is 12.6. The van der Waals surface area contributed by atoms with Crippen molar-refractivity contribution in [2.24, 2.45) is 11.8 Å². The maximum Gasteiger partial charge on any atom is 0.251 e. The summed E-state index contributed by atoms with van der Waals surface area (Å²) in [5.41, 5.74) is 1.14. The largest absolute Gasteiger partial charge is 0.393 e. The van der Waals surface area contributed by atoms with Crippen LogP contribution in [0.5, 0.6) is 0 Å². The van der Waals surface area contributed by atoms with Gasteiger partial charge in [0.2, 0.25) is 0 Å². The first-order valence-electron chi connectivity index (χ1n) is 8.37. The molecular formula is C18H23N3O2. The van der Waals surface area contributed by atoms with Gasteiger partial charge in [-0.15, -0.1) is 0 Å². The molecule has 1 heterocycles. The maximum absolute atomic E-state index is 12.6. The third-order valence-electron chi connectivity index (χ3n) is 5.12. The number of nitriles is 1. The van der Waals surface area contributed by atoms with Gasteiger partial charge < -0.3 is 15.7 Å². The van der Waals surface area contributed by atoms with Crippen LogP contribution in [0.15, 0.2) is 24.3 Å². The summed E-state index contributed by atoms with van der Waals surface area (Å²) < 4.78 is 0. The van der Waals surface area contributed by atoms with Crippen molar-refractivity contribution in [2.45, 2.75) is 37.8 Å². The van der Waals surface area contributed by atoms with Crippen LogP contribution in [0.25, 0.3) is 0 Å². The molecule has 1 aromatic rings. The zero-order chi connectivity index (χ0) is 16.2. The minimum Gasteiger partial charge on any atom is -0.393 e. The standard InChI is InChI=1S/C18H23N3O2/c19-11-12-1-3-14(4-2-12)18(23)21-17(15-9-16(22)10-15)13-5-7-20-8-6-13/h1-4,13,15-17,20,22H,5-10H2,(H,21,23)/t15?,16?,17-/m0/s1. The highest BCUT2D eigenvalue weighted by molar-refractivity contribution is 5.94. The lowest BCUT2D eigenvalue weighted by Crippen LogP contribution is -2.52. The zero-order valence-corrected chi connectivity index (χ0v) is 13.2. The summed E-state index contributed by atoms with van der Waals surface area (Å²) in [6.45, 7) is 1.98. The lowest BCUT2D eigenvalue weighted by atomic mass is 9.71. The van der Waals surface area contributed by atoms with E-state index in [9.17, 15) is 9.90 Å². The molecule has 1 aliphatic heterocycles. The second-order valence-corrected chi connectivity index (χ2v) is 6.66. The first kappa shape index (κ1) is 16.0. The Kier molecular flexibility index (Phi) is 4.94. The molecule has 1 saturated carbocycles. The summed E-state index contributed by atoms with van der Waals surface area (Å²) in [6.07, 6.45) is 3.47. The molecule has 3 rings (SSSR count). The smallest absolute Gasteiger partial charge is 0.251 e. The Bertz CT molecular complexity index is 581. The third kappa shape index (κ3) is 3.72. The highest BCUT2D eigenvalue weighted by atomic mass is 16.3. The van der Waals surface area contributed by atoms with Gasteiger partial charge in [-0.05, 0) is 74.9 Å². The molecule has 23 heavy (non-hydrogen) atoms. The summed E-state index contributed by atoms with van der Waals surface area (Å²) in [7, 11) is 0. The average molecular weight is 313 g/mol.